The Bertz CT molecular complexity index is 693. The molecule has 1 fully saturated rings. The molecule has 20 heavy (non-hydrogen) atoms. The van der Waals surface area contributed by atoms with E-state index in [1.807, 2.05) is 18.2 Å². The highest BCUT2D eigenvalue weighted by Crippen LogP contribution is 2.43. The maximum atomic E-state index is 12.3. The Morgan fingerprint density at radius 2 is 2.15 bits per heavy atom. The largest absolute Gasteiger partial charge is 0.352 e. The van der Waals surface area contributed by atoms with Gasteiger partial charge >= 0.3 is 0 Å². The fourth-order valence-corrected chi connectivity index (χ4v) is 3.86. The van der Waals surface area contributed by atoms with Crippen molar-refractivity contribution in [1.29, 1.82) is 0 Å². The Morgan fingerprint density at radius 3 is 2.95 bits per heavy atom. The summed E-state index contributed by atoms with van der Waals surface area (Å²) in [5, 5.41) is 3.07. The highest BCUT2D eigenvalue weighted by Gasteiger charge is 2.39. The molecule has 102 valence electrons. The Kier molecular flexibility index (Phi) is 2.80. The Morgan fingerprint density at radius 1 is 1.25 bits per heavy atom. The maximum absolute atomic E-state index is 12.3. The number of hydrogen-bond acceptors (Lipinski definition) is 4. The van der Waals surface area contributed by atoms with Gasteiger partial charge in [0.15, 0.2) is 0 Å². The van der Waals surface area contributed by atoms with E-state index in [2.05, 4.69) is 26.2 Å². The molecule has 2 bridgehead atoms. The van der Waals surface area contributed by atoms with Gasteiger partial charge in [0.25, 0.3) is 0 Å². The molecule has 0 aliphatic heterocycles. The van der Waals surface area contributed by atoms with E-state index in [9.17, 15) is 4.79 Å². The van der Waals surface area contributed by atoms with Crippen molar-refractivity contribution in [3.63, 3.8) is 0 Å². The molecule has 4 rings (SSSR count). The molecule has 1 heterocycles. The lowest BCUT2D eigenvalue weighted by Gasteiger charge is -2.17. The van der Waals surface area contributed by atoms with E-state index < -0.39 is 0 Å². The third-order valence-corrected chi connectivity index (χ3v) is 4.96. The lowest BCUT2D eigenvalue weighted by Crippen LogP contribution is -2.32. The summed E-state index contributed by atoms with van der Waals surface area (Å²) in [6.45, 7) is 0.573. The fraction of sp³-hybridized carbons (Fsp3) is 0.400. The topological polar surface area (TPSA) is 54.9 Å². The SMILES string of the molecule is O=C(NCc1ccc2nsnc2c1)[C@H]1C[C@@H]2C=C[C@H]1C2. The zero-order chi connectivity index (χ0) is 13.5. The Hall–Kier alpha value is -1.75. The summed E-state index contributed by atoms with van der Waals surface area (Å²) in [5.41, 5.74) is 2.91. The van der Waals surface area contributed by atoms with E-state index in [0.29, 0.717) is 18.4 Å². The maximum Gasteiger partial charge on any atom is 0.223 e. The number of benzene rings is 1. The van der Waals surface area contributed by atoms with Gasteiger partial charge < -0.3 is 5.32 Å². The molecule has 1 saturated carbocycles. The number of allylic oxidation sites excluding steroid dienone is 2. The second-order valence-corrected chi connectivity index (χ2v) is 6.22. The minimum atomic E-state index is 0.176. The Labute approximate surface area is 121 Å². The van der Waals surface area contributed by atoms with Crippen LogP contribution in [0.4, 0.5) is 0 Å². The van der Waals surface area contributed by atoms with Crippen molar-refractivity contribution in [3.05, 3.63) is 35.9 Å². The first kappa shape index (κ1) is 12.0. The zero-order valence-corrected chi connectivity index (χ0v) is 11.8. The van der Waals surface area contributed by atoms with Crippen LogP contribution < -0.4 is 5.32 Å². The molecular formula is C15H15N3OS. The Balaban J connectivity index is 1.42. The molecular weight excluding hydrogens is 270 g/mol. The quantitative estimate of drug-likeness (QED) is 0.882. The van der Waals surface area contributed by atoms with Crippen LogP contribution in [0.1, 0.15) is 18.4 Å². The molecule has 5 heteroatoms. The highest BCUT2D eigenvalue weighted by atomic mass is 32.1. The van der Waals surface area contributed by atoms with Crippen molar-refractivity contribution in [2.24, 2.45) is 17.8 Å². The van der Waals surface area contributed by atoms with Crippen molar-refractivity contribution in [2.75, 3.05) is 0 Å². The van der Waals surface area contributed by atoms with Crippen LogP contribution in [0.2, 0.25) is 0 Å². The molecule has 1 aromatic heterocycles. The van der Waals surface area contributed by atoms with E-state index >= 15 is 0 Å². The molecule has 0 saturated heterocycles. The fourth-order valence-electron chi connectivity index (χ4n) is 3.34. The first-order chi connectivity index (χ1) is 9.79. The highest BCUT2D eigenvalue weighted by molar-refractivity contribution is 7.00. The minimum absolute atomic E-state index is 0.176. The third kappa shape index (κ3) is 2.02. The molecule has 1 amide bonds. The molecule has 2 aliphatic carbocycles. The average Bonchev–Trinajstić information content (AvgIpc) is 3.19. The van der Waals surface area contributed by atoms with E-state index in [4.69, 9.17) is 0 Å². The number of amides is 1. The van der Waals surface area contributed by atoms with Crippen molar-refractivity contribution >= 4 is 28.7 Å². The molecule has 3 atom stereocenters. The predicted molar refractivity (Wildman–Crippen MR) is 78.1 cm³/mol. The van der Waals surface area contributed by atoms with Gasteiger partial charge in [0.1, 0.15) is 11.0 Å². The van der Waals surface area contributed by atoms with Gasteiger partial charge in [-0.1, -0.05) is 18.2 Å². The molecule has 2 aliphatic rings. The molecule has 1 N–H and O–H groups in total. The summed E-state index contributed by atoms with van der Waals surface area (Å²) in [6, 6.07) is 5.96. The van der Waals surface area contributed by atoms with Crippen LogP contribution in [0.25, 0.3) is 11.0 Å². The van der Waals surface area contributed by atoms with E-state index in [1.54, 1.807) is 0 Å². The molecule has 0 spiro atoms. The number of nitrogens with one attached hydrogen (secondary N) is 1. The molecule has 0 unspecified atom stereocenters. The summed E-state index contributed by atoms with van der Waals surface area (Å²) in [5.74, 6) is 1.46. The van der Waals surface area contributed by atoms with Gasteiger partial charge in [0, 0.05) is 12.5 Å². The lowest BCUT2D eigenvalue weighted by molar-refractivity contribution is -0.125. The average molecular weight is 285 g/mol. The molecule has 4 nitrogen and oxygen atoms in total. The molecule has 1 aromatic carbocycles. The number of fused-ring (bicyclic) bond motifs is 3. The minimum Gasteiger partial charge on any atom is -0.352 e. The normalized spacial score (nSPS) is 27.3. The number of nitrogens with zero attached hydrogens (tertiary/aromatic N) is 2. The first-order valence-electron chi connectivity index (χ1n) is 6.97. The van der Waals surface area contributed by atoms with Crippen LogP contribution in [0, 0.1) is 17.8 Å². The second-order valence-electron chi connectivity index (χ2n) is 5.69. The van der Waals surface area contributed by atoms with Crippen LogP contribution in [0.5, 0.6) is 0 Å². The van der Waals surface area contributed by atoms with E-state index in [1.165, 1.54) is 11.7 Å². The summed E-state index contributed by atoms with van der Waals surface area (Å²) in [6.07, 6.45) is 6.65. The van der Waals surface area contributed by atoms with Crippen molar-refractivity contribution < 1.29 is 4.79 Å². The second kappa shape index (κ2) is 4.66. The number of aromatic nitrogens is 2. The van der Waals surface area contributed by atoms with Gasteiger partial charge in [-0.3, -0.25) is 4.79 Å². The summed E-state index contributed by atoms with van der Waals surface area (Å²) >= 11 is 1.22. The lowest BCUT2D eigenvalue weighted by atomic mass is 9.93. The third-order valence-electron chi connectivity index (χ3n) is 4.40. The standard InChI is InChI=1S/C15H15N3OS/c19-15(12-6-9-1-3-11(12)5-9)16-8-10-2-4-13-14(7-10)18-20-17-13/h1-4,7,9,11-12H,5-6,8H2,(H,16,19)/t9-,11+,12+/m1/s1. The van der Waals surface area contributed by atoms with Crippen LogP contribution in [0.3, 0.4) is 0 Å². The van der Waals surface area contributed by atoms with E-state index in [-0.39, 0.29) is 11.8 Å². The van der Waals surface area contributed by atoms with Gasteiger partial charge in [0.05, 0.1) is 11.7 Å². The van der Waals surface area contributed by atoms with Gasteiger partial charge in [-0.2, -0.15) is 8.75 Å². The van der Waals surface area contributed by atoms with Crippen LogP contribution in [-0.2, 0) is 11.3 Å². The zero-order valence-electron chi connectivity index (χ0n) is 11.0. The molecule has 0 radical (unpaired) electrons. The summed E-state index contributed by atoms with van der Waals surface area (Å²) in [4.78, 5) is 12.3. The number of carbonyl (C=O) groups excluding carboxylic acids is 1. The van der Waals surface area contributed by atoms with Crippen molar-refractivity contribution in [1.82, 2.24) is 14.1 Å². The molecule has 2 aromatic rings. The number of rotatable bonds is 3. The number of hydrogen-bond donors (Lipinski definition) is 1. The summed E-state index contributed by atoms with van der Waals surface area (Å²) in [7, 11) is 0. The van der Waals surface area contributed by atoms with Gasteiger partial charge in [-0.25, -0.2) is 0 Å². The predicted octanol–water partition coefficient (Wildman–Crippen LogP) is 2.52. The monoisotopic (exact) mass is 285 g/mol. The van der Waals surface area contributed by atoms with Gasteiger partial charge in [-0.15, -0.1) is 0 Å². The van der Waals surface area contributed by atoms with Gasteiger partial charge in [-0.05, 0) is 42.4 Å². The van der Waals surface area contributed by atoms with Crippen LogP contribution >= 0.6 is 11.7 Å². The first-order valence-corrected chi connectivity index (χ1v) is 7.70. The smallest absolute Gasteiger partial charge is 0.223 e. The van der Waals surface area contributed by atoms with Crippen molar-refractivity contribution in [2.45, 2.75) is 19.4 Å². The van der Waals surface area contributed by atoms with Crippen molar-refractivity contribution in [3.8, 4) is 0 Å². The van der Waals surface area contributed by atoms with Crippen LogP contribution in [-0.4, -0.2) is 14.7 Å². The van der Waals surface area contributed by atoms with E-state index in [0.717, 1.165) is 29.4 Å². The summed E-state index contributed by atoms with van der Waals surface area (Å²) < 4.78 is 8.40. The van der Waals surface area contributed by atoms with Gasteiger partial charge in [0.2, 0.25) is 5.91 Å². The number of carbonyl (C=O) groups is 1. The van der Waals surface area contributed by atoms with Crippen LogP contribution in [0.15, 0.2) is 30.4 Å².